The van der Waals surface area contributed by atoms with Crippen LogP contribution in [-0.2, 0) is 25.7 Å². The molecule has 6 nitrogen and oxygen atoms in total. The molecule has 0 N–H and O–H groups in total. The topological polar surface area (TPSA) is 65.1 Å². The highest BCUT2D eigenvalue weighted by atomic mass is 35.5. The van der Waals surface area contributed by atoms with Crippen LogP contribution < -0.4 is 4.74 Å². The largest absolute Gasteiger partial charge is 0.489 e. The van der Waals surface area contributed by atoms with Crippen LogP contribution in [0.2, 0.25) is 10.0 Å². The number of amides is 1. The molecule has 1 aliphatic rings. The minimum absolute atomic E-state index is 0.252. The van der Waals surface area contributed by atoms with Gasteiger partial charge in [0.05, 0.1) is 19.8 Å². The van der Waals surface area contributed by atoms with E-state index in [1.54, 1.807) is 30.0 Å². The number of benzene rings is 2. The Balaban J connectivity index is 1.57. The molecule has 3 rings (SSSR count). The number of esters is 1. The van der Waals surface area contributed by atoms with Crippen LogP contribution in [0.15, 0.2) is 42.5 Å². The van der Waals surface area contributed by atoms with E-state index in [1.165, 1.54) is 0 Å². The van der Waals surface area contributed by atoms with Crippen LogP contribution >= 0.6 is 23.2 Å². The second-order valence-corrected chi connectivity index (χ2v) is 7.55. The van der Waals surface area contributed by atoms with Crippen molar-refractivity contribution in [1.29, 1.82) is 0 Å². The Bertz CT molecular complexity index is 867. The summed E-state index contributed by atoms with van der Waals surface area (Å²) in [6.07, 6.45) is -0.519. The summed E-state index contributed by atoms with van der Waals surface area (Å²) in [4.78, 5) is 25.5. The third-order valence-corrected chi connectivity index (χ3v) is 5.43. The highest BCUT2D eigenvalue weighted by molar-refractivity contribution is 6.35. The van der Waals surface area contributed by atoms with E-state index >= 15 is 0 Å². The van der Waals surface area contributed by atoms with Gasteiger partial charge in [0.2, 0.25) is 5.91 Å². The van der Waals surface area contributed by atoms with E-state index in [2.05, 4.69) is 0 Å². The summed E-state index contributed by atoms with van der Waals surface area (Å²) in [5.41, 5.74) is 1.66. The number of morpholine rings is 1. The second-order valence-electron chi connectivity index (χ2n) is 6.74. The first kappa shape index (κ1) is 22.4. The zero-order chi connectivity index (χ0) is 21.5. The Morgan fingerprint density at radius 3 is 2.50 bits per heavy atom. The monoisotopic (exact) mass is 451 g/mol. The van der Waals surface area contributed by atoms with Crippen molar-refractivity contribution in [3.63, 3.8) is 0 Å². The lowest BCUT2D eigenvalue weighted by Crippen LogP contribution is -2.43. The lowest BCUT2D eigenvalue weighted by molar-refractivity contribution is -0.151. The third-order valence-electron chi connectivity index (χ3n) is 4.72. The predicted octanol–water partition coefficient (Wildman–Crippen LogP) is 4.43. The van der Waals surface area contributed by atoms with E-state index < -0.39 is 5.97 Å². The standard InChI is InChI=1S/C22H23Cl2NO5/c1-2-28-22(27)12-21(26)25-10-11-29-20(13-25)15-6-8-16(9-7-15)30-14-17-18(23)4-3-5-19(17)24/h3-9,20H,2,10-14H2,1H3. The van der Waals surface area contributed by atoms with Crippen LogP contribution in [0.4, 0.5) is 0 Å². The molecule has 160 valence electrons. The van der Waals surface area contributed by atoms with Gasteiger partial charge in [-0.2, -0.15) is 0 Å². The Hall–Kier alpha value is -2.28. The quantitative estimate of drug-likeness (QED) is 0.460. The maximum atomic E-state index is 12.3. The predicted molar refractivity (Wildman–Crippen MR) is 114 cm³/mol. The molecular weight excluding hydrogens is 429 g/mol. The smallest absolute Gasteiger partial charge is 0.315 e. The molecule has 0 aromatic heterocycles. The van der Waals surface area contributed by atoms with Gasteiger partial charge in [-0.15, -0.1) is 0 Å². The Morgan fingerprint density at radius 1 is 1.13 bits per heavy atom. The van der Waals surface area contributed by atoms with Gasteiger partial charge in [-0.3, -0.25) is 9.59 Å². The van der Waals surface area contributed by atoms with Crippen molar-refractivity contribution < 1.29 is 23.8 Å². The van der Waals surface area contributed by atoms with Gasteiger partial charge in [-0.1, -0.05) is 41.4 Å². The first-order valence-corrected chi connectivity index (χ1v) is 10.4. The molecule has 0 aliphatic carbocycles. The fourth-order valence-corrected chi connectivity index (χ4v) is 3.64. The molecule has 1 unspecified atom stereocenters. The number of hydrogen-bond acceptors (Lipinski definition) is 5. The summed E-state index contributed by atoms with van der Waals surface area (Å²) in [6, 6.07) is 12.8. The number of carbonyl (C=O) groups is 2. The number of halogens is 2. The van der Waals surface area contributed by atoms with E-state index in [0.717, 1.165) is 11.1 Å². The summed E-state index contributed by atoms with van der Waals surface area (Å²) >= 11 is 12.3. The van der Waals surface area contributed by atoms with E-state index in [9.17, 15) is 9.59 Å². The Labute approximate surface area is 185 Å². The number of rotatable bonds is 7. The van der Waals surface area contributed by atoms with Crippen LogP contribution in [0.5, 0.6) is 5.75 Å². The van der Waals surface area contributed by atoms with Crippen molar-refractivity contribution in [1.82, 2.24) is 4.90 Å². The van der Waals surface area contributed by atoms with Crippen LogP contribution in [-0.4, -0.2) is 43.1 Å². The van der Waals surface area contributed by atoms with Gasteiger partial charge in [-0.25, -0.2) is 0 Å². The van der Waals surface area contributed by atoms with Gasteiger partial charge < -0.3 is 19.1 Å². The molecule has 0 bridgehead atoms. The van der Waals surface area contributed by atoms with E-state index in [0.29, 0.717) is 35.5 Å². The second kappa shape index (κ2) is 10.7. The van der Waals surface area contributed by atoms with E-state index in [-0.39, 0.29) is 31.6 Å². The van der Waals surface area contributed by atoms with Crippen molar-refractivity contribution >= 4 is 35.1 Å². The minimum Gasteiger partial charge on any atom is -0.489 e. The molecular formula is C22H23Cl2NO5. The number of nitrogens with zero attached hydrogens (tertiary/aromatic N) is 1. The molecule has 0 spiro atoms. The molecule has 1 atom stereocenters. The molecule has 0 saturated carbocycles. The van der Waals surface area contributed by atoms with Crippen LogP contribution in [0, 0.1) is 0 Å². The maximum Gasteiger partial charge on any atom is 0.315 e. The van der Waals surface area contributed by atoms with Gasteiger partial charge in [-0.05, 0) is 36.8 Å². The lowest BCUT2D eigenvalue weighted by atomic mass is 10.1. The zero-order valence-corrected chi connectivity index (χ0v) is 18.1. The van der Waals surface area contributed by atoms with Crippen molar-refractivity contribution in [2.45, 2.75) is 26.1 Å². The average molecular weight is 452 g/mol. The molecule has 1 saturated heterocycles. The third kappa shape index (κ3) is 5.88. The minimum atomic E-state index is -0.509. The molecule has 1 heterocycles. The van der Waals surface area contributed by atoms with Crippen molar-refractivity contribution in [3.05, 3.63) is 63.6 Å². The zero-order valence-electron chi connectivity index (χ0n) is 16.6. The highest BCUT2D eigenvalue weighted by Gasteiger charge is 2.26. The highest BCUT2D eigenvalue weighted by Crippen LogP contribution is 2.28. The molecule has 1 fully saturated rings. The Kier molecular flexibility index (Phi) is 7.96. The van der Waals surface area contributed by atoms with Gasteiger partial charge in [0.15, 0.2) is 0 Å². The Morgan fingerprint density at radius 2 is 1.83 bits per heavy atom. The van der Waals surface area contributed by atoms with Crippen molar-refractivity contribution in [2.24, 2.45) is 0 Å². The summed E-state index contributed by atoms with van der Waals surface area (Å²) in [7, 11) is 0. The number of hydrogen-bond donors (Lipinski definition) is 0. The molecule has 0 radical (unpaired) electrons. The van der Waals surface area contributed by atoms with Crippen LogP contribution in [0.1, 0.15) is 30.6 Å². The van der Waals surface area contributed by atoms with Crippen LogP contribution in [0.25, 0.3) is 0 Å². The number of ether oxygens (including phenoxy) is 3. The first-order valence-electron chi connectivity index (χ1n) is 9.68. The molecule has 2 aromatic carbocycles. The van der Waals surface area contributed by atoms with Crippen molar-refractivity contribution in [2.75, 3.05) is 26.3 Å². The molecule has 1 aliphatic heterocycles. The SMILES string of the molecule is CCOC(=O)CC(=O)N1CCOC(c2ccc(OCc3c(Cl)cccc3Cl)cc2)C1. The maximum absolute atomic E-state index is 12.3. The van der Waals surface area contributed by atoms with E-state index in [1.807, 2.05) is 24.3 Å². The average Bonchev–Trinajstić information content (AvgIpc) is 2.74. The normalized spacial score (nSPS) is 16.2. The fourth-order valence-electron chi connectivity index (χ4n) is 3.13. The summed E-state index contributed by atoms with van der Waals surface area (Å²) in [6.45, 7) is 3.47. The lowest BCUT2D eigenvalue weighted by Gasteiger charge is -2.33. The van der Waals surface area contributed by atoms with E-state index in [4.69, 9.17) is 37.4 Å². The summed E-state index contributed by atoms with van der Waals surface area (Å²) < 4.78 is 16.5. The molecule has 2 aromatic rings. The van der Waals surface area contributed by atoms with Gasteiger partial charge >= 0.3 is 5.97 Å². The van der Waals surface area contributed by atoms with Crippen molar-refractivity contribution in [3.8, 4) is 5.75 Å². The fraction of sp³-hybridized carbons (Fsp3) is 0.364. The van der Waals surface area contributed by atoms with Gasteiger partial charge in [0.25, 0.3) is 0 Å². The van der Waals surface area contributed by atoms with Gasteiger partial charge in [0.1, 0.15) is 24.9 Å². The molecule has 8 heteroatoms. The molecule has 1 amide bonds. The number of carbonyl (C=O) groups excluding carboxylic acids is 2. The van der Waals surface area contributed by atoms with Crippen LogP contribution in [0.3, 0.4) is 0 Å². The molecule has 30 heavy (non-hydrogen) atoms. The summed E-state index contributed by atoms with van der Waals surface area (Å²) in [5, 5.41) is 1.12. The van der Waals surface area contributed by atoms with Gasteiger partial charge in [0, 0.05) is 22.2 Å². The first-order chi connectivity index (χ1) is 14.5. The summed E-state index contributed by atoms with van der Waals surface area (Å²) in [5.74, 6) is -0.0928.